The van der Waals surface area contributed by atoms with Gasteiger partial charge in [-0.3, -0.25) is 9.59 Å². The standard InChI is InChI=1S/C11H14BrNO3S/c12-9-5-8(7-17-9)6-13-10(14)3-1-2-4-11(15)16/h5,7H,1-4,6H2,(H,13,14)(H,15,16). The molecule has 0 radical (unpaired) electrons. The molecule has 0 aromatic carbocycles. The summed E-state index contributed by atoms with van der Waals surface area (Å²) in [5.74, 6) is -0.841. The number of rotatable bonds is 7. The van der Waals surface area contributed by atoms with Gasteiger partial charge in [-0.1, -0.05) is 0 Å². The Morgan fingerprint density at radius 1 is 1.35 bits per heavy atom. The van der Waals surface area contributed by atoms with Gasteiger partial charge in [0.25, 0.3) is 0 Å². The molecule has 94 valence electrons. The molecule has 0 bridgehead atoms. The van der Waals surface area contributed by atoms with Crippen molar-refractivity contribution in [2.24, 2.45) is 0 Å². The average molecular weight is 320 g/mol. The molecular formula is C11H14BrNO3S. The van der Waals surface area contributed by atoms with Gasteiger partial charge in [-0.15, -0.1) is 11.3 Å². The summed E-state index contributed by atoms with van der Waals surface area (Å²) >= 11 is 4.94. The van der Waals surface area contributed by atoms with Crippen LogP contribution in [0.3, 0.4) is 0 Å². The molecule has 0 aliphatic heterocycles. The van der Waals surface area contributed by atoms with E-state index in [9.17, 15) is 9.59 Å². The van der Waals surface area contributed by atoms with E-state index in [0.29, 0.717) is 25.8 Å². The zero-order valence-corrected chi connectivity index (χ0v) is 11.6. The van der Waals surface area contributed by atoms with Crippen LogP contribution >= 0.6 is 27.3 Å². The van der Waals surface area contributed by atoms with E-state index in [-0.39, 0.29) is 12.3 Å². The predicted octanol–water partition coefficient (Wildman–Crippen LogP) is 2.77. The van der Waals surface area contributed by atoms with Gasteiger partial charge in [0, 0.05) is 19.4 Å². The highest BCUT2D eigenvalue weighted by atomic mass is 79.9. The Labute approximate surface area is 112 Å². The van der Waals surface area contributed by atoms with E-state index >= 15 is 0 Å². The molecule has 1 aromatic rings. The zero-order chi connectivity index (χ0) is 12.7. The fourth-order valence-corrected chi connectivity index (χ4v) is 2.50. The summed E-state index contributed by atoms with van der Waals surface area (Å²) in [4.78, 5) is 21.7. The third-order valence-corrected chi connectivity index (χ3v) is 3.71. The SMILES string of the molecule is O=C(O)CCCCC(=O)NCc1csc(Br)c1. The second-order valence-electron chi connectivity index (χ2n) is 3.64. The van der Waals surface area contributed by atoms with Crippen molar-refractivity contribution < 1.29 is 14.7 Å². The number of unbranched alkanes of at least 4 members (excludes halogenated alkanes) is 1. The minimum atomic E-state index is -0.812. The molecule has 4 nitrogen and oxygen atoms in total. The average Bonchev–Trinajstić information content (AvgIpc) is 2.67. The van der Waals surface area contributed by atoms with Crippen LogP contribution in [-0.2, 0) is 16.1 Å². The molecule has 0 aliphatic rings. The lowest BCUT2D eigenvalue weighted by Gasteiger charge is -2.03. The highest BCUT2D eigenvalue weighted by Crippen LogP contribution is 2.20. The molecule has 1 amide bonds. The van der Waals surface area contributed by atoms with Crippen molar-refractivity contribution in [2.45, 2.75) is 32.2 Å². The number of thiophene rings is 1. The Hall–Kier alpha value is -0.880. The molecule has 17 heavy (non-hydrogen) atoms. The molecule has 0 unspecified atom stereocenters. The summed E-state index contributed by atoms with van der Waals surface area (Å²) in [5, 5.41) is 13.2. The van der Waals surface area contributed by atoms with Crippen molar-refractivity contribution in [1.29, 1.82) is 0 Å². The number of aliphatic carboxylic acids is 1. The van der Waals surface area contributed by atoms with E-state index in [1.807, 2.05) is 11.4 Å². The topological polar surface area (TPSA) is 66.4 Å². The maximum absolute atomic E-state index is 11.4. The van der Waals surface area contributed by atoms with Crippen LogP contribution in [0.15, 0.2) is 15.2 Å². The summed E-state index contributed by atoms with van der Waals surface area (Å²) in [7, 11) is 0. The molecule has 0 saturated carbocycles. The van der Waals surface area contributed by atoms with Crippen molar-refractivity contribution in [2.75, 3.05) is 0 Å². The number of amides is 1. The van der Waals surface area contributed by atoms with E-state index in [2.05, 4.69) is 21.2 Å². The number of halogens is 1. The Morgan fingerprint density at radius 2 is 2.06 bits per heavy atom. The van der Waals surface area contributed by atoms with Gasteiger partial charge >= 0.3 is 5.97 Å². The first-order valence-corrected chi connectivity index (χ1v) is 6.96. The molecule has 6 heteroatoms. The van der Waals surface area contributed by atoms with E-state index in [1.165, 1.54) is 0 Å². The quantitative estimate of drug-likeness (QED) is 0.759. The Balaban J connectivity index is 2.11. The lowest BCUT2D eigenvalue weighted by molar-refractivity contribution is -0.137. The van der Waals surface area contributed by atoms with Crippen LogP contribution in [0.5, 0.6) is 0 Å². The van der Waals surface area contributed by atoms with Gasteiger partial charge in [0.15, 0.2) is 0 Å². The maximum atomic E-state index is 11.4. The lowest BCUT2D eigenvalue weighted by atomic mass is 10.2. The van der Waals surface area contributed by atoms with Gasteiger partial charge in [-0.05, 0) is 45.8 Å². The summed E-state index contributed by atoms with van der Waals surface area (Å²) < 4.78 is 1.04. The van der Waals surface area contributed by atoms with E-state index in [0.717, 1.165) is 9.35 Å². The molecule has 0 spiro atoms. The summed E-state index contributed by atoms with van der Waals surface area (Å²) in [6.45, 7) is 0.528. The molecule has 1 heterocycles. The summed E-state index contributed by atoms with van der Waals surface area (Å²) in [5.41, 5.74) is 1.07. The monoisotopic (exact) mass is 319 g/mol. The molecule has 1 rings (SSSR count). The number of carboxylic acid groups (broad SMARTS) is 1. The second-order valence-corrected chi connectivity index (χ2v) is 5.93. The number of nitrogens with one attached hydrogen (secondary N) is 1. The first kappa shape index (κ1) is 14.2. The second kappa shape index (κ2) is 7.45. The van der Waals surface area contributed by atoms with Crippen molar-refractivity contribution in [3.8, 4) is 0 Å². The zero-order valence-electron chi connectivity index (χ0n) is 9.24. The predicted molar refractivity (Wildman–Crippen MR) is 70.0 cm³/mol. The largest absolute Gasteiger partial charge is 0.481 e. The Morgan fingerprint density at radius 3 is 2.65 bits per heavy atom. The molecular weight excluding hydrogens is 306 g/mol. The van der Waals surface area contributed by atoms with Crippen molar-refractivity contribution in [3.63, 3.8) is 0 Å². The van der Waals surface area contributed by atoms with Crippen molar-refractivity contribution >= 4 is 39.1 Å². The number of carbonyl (C=O) groups is 2. The van der Waals surface area contributed by atoms with Crippen LogP contribution in [0.4, 0.5) is 0 Å². The van der Waals surface area contributed by atoms with E-state index in [4.69, 9.17) is 5.11 Å². The minimum absolute atomic E-state index is 0.0299. The van der Waals surface area contributed by atoms with Crippen LogP contribution in [0.1, 0.15) is 31.2 Å². The molecule has 0 aliphatic carbocycles. The van der Waals surface area contributed by atoms with Crippen LogP contribution in [0.25, 0.3) is 0 Å². The highest BCUT2D eigenvalue weighted by molar-refractivity contribution is 9.11. The highest BCUT2D eigenvalue weighted by Gasteiger charge is 2.03. The van der Waals surface area contributed by atoms with Gasteiger partial charge in [-0.2, -0.15) is 0 Å². The van der Waals surface area contributed by atoms with Gasteiger partial charge in [0.2, 0.25) is 5.91 Å². The van der Waals surface area contributed by atoms with Crippen LogP contribution < -0.4 is 5.32 Å². The minimum Gasteiger partial charge on any atom is -0.481 e. The van der Waals surface area contributed by atoms with Crippen LogP contribution in [0, 0.1) is 0 Å². The first-order valence-electron chi connectivity index (χ1n) is 5.29. The lowest BCUT2D eigenvalue weighted by Crippen LogP contribution is -2.22. The molecule has 0 fully saturated rings. The third kappa shape index (κ3) is 6.43. The van der Waals surface area contributed by atoms with Gasteiger partial charge in [0.05, 0.1) is 3.79 Å². The number of hydrogen-bond donors (Lipinski definition) is 2. The van der Waals surface area contributed by atoms with Gasteiger partial charge in [0.1, 0.15) is 0 Å². The maximum Gasteiger partial charge on any atom is 0.303 e. The molecule has 2 N–H and O–H groups in total. The van der Waals surface area contributed by atoms with Gasteiger partial charge < -0.3 is 10.4 Å². The number of carboxylic acids is 1. The van der Waals surface area contributed by atoms with Crippen LogP contribution in [0.2, 0.25) is 0 Å². The molecule has 1 aromatic heterocycles. The fourth-order valence-electron chi connectivity index (χ4n) is 1.29. The number of carbonyl (C=O) groups excluding carboxylic acids is 1. The smallest absolute Gasteiger partial charge is 0.303 e. The van der Waals surface area contributed by atoms with Crippen LogP contribution in [-0.4, -0.2) is 17.0 Å². The molecule has 0 atom stereocenters. The Kier molecular flexibility index (Phi) is 6.21. The summed E-state index contributed by atoms with van der Waals surface area (Å²) in [6.07, 6.45) is 1.68. The van der Waals surface area contributed by atoms with Crippen molar-refractivity contribution in [3.05, 3.63) is 20.8 Å². The summed E-state index contributed by atoms with van der Waals surface area (Å²) in [6, 6.07) is 1.97. The van der Waals surface area contributed by atoms with Crippen molar-refractivity contribution in [1.82, 2.24) is 5.32 Å². The van der Waals surface area contributed by atoms with E-state index in [1.54, 1.807) is 11.3 Å². The molecule has 0 saturated heterocycles. The first-order chi connectivity index (χ1) is 8.08. The number of hydrogen-bond acceptors (Lipinski definition) is 3. The van der Waals surface area contributed by atoms with Gasteiger partial charge in [-0.25, -0.2) is 0 Å². The normalized spacial score (nSPS) is 10.2. The Bertz CT molecular complexity index is 392. The third-order valence-electron chi connectivity index (χ3n) is 2.16. The van der Waals surface area contributed by atoms with E-state index < -0.39 is 5.97 Å². The fraction of sp³-hybridized carbons (Fsp3) is 0.455.